The number of hydrogen-bond donors (Lipinski definition) is 3. The van der Waals surface area contributed by atoms with Crippen molar-refractivity contribution < 1.29 is 4.79 Å². The summed E-state index contributed by atoms with van der Waals surface area (Å²) in [5.41, 5.74) is 2.59. The SMILES string of the molecule is CC1(C)NC(c2ccc3nc[nH]c3c2)CNC1=O. The molecular weight excluding hydrogens is 228 g/mol. The summed E-state index contributed by atoms with van der Waals surface area (Å²) in [5.74, 6) is 0.0429. The maximum atomic E-state index is 11.7. The number of H-pyrrole nitrogens is 1. The molecule has 0 spiro atoms. The van der Waals surface area contributed by atoms with Gasteiger partial charge in [-0.15, -0.1) is 0 Å². The molecule has 0 saturated carbocycles. The number of fused-ring (bicyclic) bond motifs is 1. The molecule has 1 atom stereocenters. The van der Waals surface area contributed by atoms with Gasteiger partial charge < -0.3 is 10.3 Å². The van der Waals surface area contributed by atoms with Gasteiger partial charge in [0, 0.05) is 6.54 Å². The number of carbonyl (C=O) groups excluding carboxylic acids is 1. The van der Waals surface area contributed by atoms with Crippen LogP contribution in [0.15, 0.2) is 24.5 Å². The van der Waals surface area contributed by atoms with E-state index in [0.29, 0.717) is 6.54 Å². The average Bonchev–Trinajstić information content (AvgIpc) is 2.79. The van der Waals surface area contributed by atoms with E-state index in [9.17, 15) is 4.79 Å². The topological polar surface area (TPSA) is 69.8 Å². The van der Waals surface area contributed by atoms with Crippen LogP contribution in [-0.2, 0) is 4.79 Å². The van der Waals surface area contributed by atoms with Crippen LogP contribution in [0.2, 0.25) is 0 Å². The minimum atomic E-state index is -0.536. The van der Waals surface area contributed by atoms with E-state index in [0.717, 1.165) is 16.6 Å². The van der Waals surface area contributed by atoms with Crippen LogP contribution in [0.25, 0.3) is 11.0 Å². The van der Waals surface area contributed by atoms with E-state index in [2.05, 4.69) is 26.7 Å². The van der Waals surface area contributed by atoms with Gasteiger partial charge in [0.15, 0.2) is 0 Å². The van der Waals surface area contributed by atoms with Gasteiger partial charge in [0.25, 0.3) is 0 Å². The Morgan fingerprint density at radius 3 is 3.00 bits per heavy atom. The number of rotatable bonds is 1. The number of nitrogens with zero attached hydrogens (tertiary/aromatic N) is 1. The third kappa shape index (κ3) is 1.76. The minimum absolute atomic E-state index is 0.0429. The van der Waals surface area contributed by atoms with Crippen molar-refractivity contribution in [2.24, 2.45) is 0 Å². The van der Waals surface area contributed by atoms with Gasteiger partial charge in [0.2, 0.25) is 5.91 Å². The van der Waals surface area contributed by atoms with Crippen LogP contribution in [0, 0.1) is 0 Å². The molecule has 1 amide bonds. The first-order chi connectivity index (χ1) is 8.56. The van der Waals surface area contributed by atoms with Crippen LogP contribution in [0.4, 0.5) is 0 Å². The lowest BCUT2D eigenvalue weighted by Gasteiger charge is -2.36. The Labute approximate surface area is 105 Å². The Morgan fingerprint density at radius 2 is 2.22 bits per heavy atom. The van der Waals surface area contributed by atoms with Crippen molar-refractivity contribution in [1.29, 1.82) is 0 Å². The summed E-state index contributed by atoms with van der Waals surface area (Å²) < 4.78 is 0. The van der Waals surface area contributed by atoms with Crippen LogP contribution in [0.3, 0.4) is 0 Å². The Hall–Kier alpha value is -1.88. The average molecular weight is 244 g/mol. The van der Waals surface area contributed by atoms with E-state index in [1.54, 1.807) is 6.33 Å². The smallest absolute Gasteiger partial charge is 0.239 e. The third-order valence-corrected chi connectivity index (χ3v) is 3.42. The Kier molecular flexibility index (Phi) is 2.38. The van der Waals surface area contributed by atoms with E-state index in [-0.39, 0.29) is 11.9 Å². The number of piperazine rings is 1. The van der Waals surface area contributed by atoms with Crippen LogP contribution < -0.4 is 10.6 Å². The first-order valence-corrected chi connectivity index (χ1v) is 6.05. The van der Waals surface area contributed by atoms with E-state index in [1.807, 2.05) is 26.0 Å². The zero-order valence-corrected chi connectivity index (χ0v) is 10.4. The number of hydrogen-bond acceptors (Lipinski definition) is 3. The van der Waals surface area contributed by atoms with Gasteiger partial charge in [-0.3, -0.25) is 10.1 Å². The largest absolute Gasteiger partial charge is 0.353 e. The highest BCUT2D eigenvalue weighted by atomic mass is 16.2. The molecular formula is C13H16N4O. The van der Waals surface area contributed by atoms with Crippen molar-refractivity contribution in [3.63, 3.8) is 0 Å². The Balaban J connectivity index is 1.92. The monoisotopic (exact) mass is 244 g/mol. The molecule has 1 aliphatic heterocycles. The van der Waals surface area contributed by atoms with Gasteiger partial charge in [-0.2, -0.15) is 0 Å². The molecule has 0 bridgehead atoms. The minimum Gasteiger partial charge on any atom is -0.353 e. The van der Waals surface area contributed by atoms with Crippen LogP contribution >= 0.6 is 0 Å². The van der Waals surface area contributed by atoms with Crippen molar-refractivity contribution in [3.05, 3.63) is 30.1 Å². The predicted molar refractivity (Wildman–Crippen MR) is 69.1 cm³/mol. The molecule has 1 unspecified atom stereocenters. The van der Waals surface area contributed by atoms with E-state index in [4.69, 9.17) is 0 Å². The summed E-state index contributed by atoms with van der Waals surface area (Å²) in [4.78, 5) is 19.0. The molecule has 0 aliphatic carbocycles. The Morgan fingerprint density at radius 1 is 1.39 bits per heavy atom. The van der Waals surface area contributed by atoms with E-state index < -0.39 is 5.54 Å². The van der Waals surface area contributed by atoms with Crippen LogP contribution in [-0.4, -0.2) is 28.0 Å². The fourth-order valence-electron chi connectivity index (χ4n) is 2.34. The highest BCUT2D eigenvalue weighted by Gasteiger charge is 2.35. The molecule has 18 heavy (non-hydrogen) atoms. The summed E-state index contributed by atoms with van der Waals surface area (Å²) in [6.45, 7) is 4.40. The number of imidazole rings is 1. The molecule has 2 heterocycles. The maximum Gasteiger partial charge on any atom is 0.239 e. The van der Waals surface area contributed by atoms with Crippen molar-refractivity contribution in [3.8, 4) is 0 Å². The second-order valence-electron chi connectivity index (χ2n) is 5.21. The zero-order chi connectivity index (χ0) is 12.8. The summed E-state index contributed by atoms with van der Waals surface area (Å²) in [7, 11) is 0. The van der Waals surface area contributed by atoms with Gasteiger partial charge >= 0.3 is 0 Å². The van der Waals surface area contributed by atoms with Crippen molar-refractivity contribution in [2.45, 2.75) is 25.4 Å². The number of amides is 1. The highest BCUT2D eigenvalue weighted by Crippen LogP contribution is 2.22. The molecule has 94 valence electrons. The van der Waals surface area contributed by atoms with Gasteiger partial charge in [0.05, 0.1) is 28.9 Å². The molecule has 3 N–H and O–H groups in total. The zero-order valence-electron chi connectivity index (χ0n) is 10.4. The number of carbonyl (C=O) groups is 1. The number of benzene rings is 1. The van der Waals surface area contributed by atoms with Gasteiger partial charge in [-0.05, 0) is 31.5 Å². The van der Waals surface area contributed by atoms with Crippen LogP contribution in [0.1, 0.15) is 25.5 Å². The summed E-state index contributed by atoms with van der Waals surface area (Å²) in [6, 6.07) is 6.25. The fraction of sp³-hybridized carbons (Fsp3) is 0.385. The number of nitrogens with one attached hydrogen (secondary N) is 3. The van der Waals surface area contributed by atoms with Gasteiger partial charge in [-0.25, -0.2) is 4.98 Å². The summed E-state index contributed by atoms with van der Waals surface area (Å²) in [5, 5.41) is 6.30. The maximum absolute atomic E-state index is 11.7. The van der Waals surface area contributed by atoms with Gasteiger partial charge in [-0.1, -0.05) is 6.07 Å². The first-order valence-electron chi connectivity index (χ1n) is 6.05. The lowest BCUT2D eigenvalue weighted by Crippen LogP contribution is -2.60. The molecule has 2 aromatic rings. The van der Waals surface area contributed by atoms with Crippen molar-refractivity contribution >= 4 is 16.9 Å². The standard InChI is InChI=1S/C13H16N4O/c1-13(2)12(18)14-6-11(17-13)8-3-4-9-10(5-8)16-7-15-9/h3-5,7,11,17H,6H2,1-2H3,(H,14,18)(H,15,16). The normalized spacial score (nSPS) is 23.0. The lowest BCUT2D eigenvalue weighted by molar-refractivity contribution is -0.128. The molecule has 1 saturated heterocycles. The van der Waals surface area contributed by atoms with Gasteiger partial charge in [0.1, 0.15) is 0 Å². The molecule has 0 radical (unpaired) electrons. The van der Waals surface area contributed by atoms with Crippen molar-refractivity contribution in [1.82, 2.24) is 20.6 Å². The number of aromatic nitrogens is 2. The van der Waals surface area contributed by atoms with E-state index in [1.165, 1.54) is 0 Å². The second kappa shape index (κ2) is 3.81. The molecule has 5 nitrogen and oxygen atoms in total. The van der Waals surface area contributed by atoms with Crippen molar-refractivity contribution in [2.75, 3.05) is 6.54 Å². The molecule has 5 heteroatoms. The Bertz CT molecular complexity index is 602. The number of aromatic amines is 1. The lowest BCUT2D eigenvalue weighted by atomic mass is 9.95. The first kappa shape index (κ1) is 11.2. The second-order valence-corrected chi connectivity index (χ2v) is 5.21. The summed E-state index contributed by atoms with van der Waals surface area (Å²) >= 11 is 0. The molecule has 1 aliphatic rings. The molecule has 1 aromatic heterocycles. The molecule has 1 fully saturated rings. The predicted octanol–water partition coefficient (Wildman–Crippen LogP) is 1.10. The highest BCUT2D eigenvalue weighted by molar-refractivity contribution is 5.86. The fourth-order valence-corrected chi connectivity index (χ4v) is 2.34. The molecule has 3 rings (SSSR count). The third-order valence-electron chi connectivity index (χ3n) is 3.42. The summed E-state index contributed by atoms with van der Waals surface area (Å²) in [6.07, 6.45) is 1.69. The molecule has 1 aromatic carbocycles. The van der Waals surface area contributed by atoms with E-state index >= 15 is 0 Å². The van der Waals surface area contributed by atoms with Crippen LogP contribution in [0.5, 0.6) is 0 Å². The quantitative estimate of drug-likeness (QED) is 0.703.